The number of hydrogen-bond donors (Lipinski definition) is 2. The maximum Gasteiger partial charge on any atom is 0.215 e. The number of hydrogen-bond acceptors (Lipinski definition) is 3. The third-order valence-electron chi connectivity index (χ3n) is 4.75. The van der Waals surface area contributed by atoms with Crippen LogP contribution in [-0.2, 0) is 35.3 Å². The van der Waals surface area contributed by atoms with Crippen molar-refractivity contribution >= 4 is 40.0 Å². The summed E-state index contributed by atoms with van der Waals surface area (Å²) in [6.07, 6.45) is 1.01. The molecular weight excluding hydrogens is 487 g/mol. The van der Waals surface area contributed by atoms with Crippen LogP contribution in [-0.4, -0.2) is 39.9 Å². The highest BCUT2D eigenvalue weighted by Gasteiger charge is 2.18. The normalized spacial score (nSPS) is 14.2. The van der Waals surface area contributed by atoms with Gasteiger partial charge >= 0.3 is 0 Å². The van der Waals surface area contributed by atoms with Gasteiger partial charge in [0, 0.05) is 26.7 Å². The van der Waals surface area contributed by atoms with Crippen molar-refractivity contribution in [1.82, 2.24) is 14.9 Å². The summed E-state index contributed by atoms with van der Waals surface area (Å²) >= 11 is 0. The first-order chi connectivity index (χ1) is 13.0. The smallest absolute Gasteiger partial charge is 0.215 e. The summed E-state index contributed by atoms with van der Waals surface area (Å²) in [5.74, 6) is 0.840. The fourth-order valence-corrected chi connectivity index (χ4v) is 4.07. The molecule has 2 aromatic carbocycles. The Morgan fingerprint density at radius 1 is 1.11 bits per heavy atom. The summed E-state index contributed by atoms with van der Waals surface area (Å²) in [4.78, 5) is 6.67. The topological polar surface area (TPSA) is 73.8 Å². The number of aliphatic imine (C=N–C) groups is 1. The summed E-state index contributed by atoms with van der Waals surface area (Å²) in [7, 11) is -0.0507. The first-order valence-electron chi connectivity index (χ1n) is 9.02. The maximum absolute atomic E-state index is 11.7. The van der Waals surface area contributed by atoms with Gasteiger partial charge in [-0.05, 0) is 35.7 Å². The third-order valence-corrected chi connectivity index (χ3v) is 6.09. The van der Waals surface area contributed by atoms with E-state index in [1.807, 2.05) is 24.3 Å². The molecule has 28 heavy (non-hydrogen) atoms. The molecular formula is C20H27IN4O2S. The lowest BCUT2D eigenvalue weighted by Crippen LogP contribution is -2.43. The fourth-order valence-electron chi connectivity index (χ4n) is 3.31. The summed E-state index contributed by atoms with van der Waals surface area (Å²) in [6, 6.07) is 16.1. The van der Waals surface area contributed by atoms with Crippen LogP contribution in [0.5, 0.6) is 0 Å². The van der Waals surface area contributed by atoms with Crippen molar-refractivity contribution in [1.29, 1.82) is 0 Å². The maximum atomic E-state index is 11.7. The molecule has 0 spiro atoms. The minimum Gasteiger partial charge on any atom is -0.352 e. The van der Waals surface area contributed by atoms with E-state index in [1.54, 1.807) is 7.05 Å². The van der Waals surface area contributed by atoms with E-state index in [-0.39, 0.29) is 29.7 Å². The van der Waals surface area contributed by atoms with Gasteiger partial charge in [-0.15, -0.1) is 24.0 Å². The molecule has 1 aliphatic rings. The Kier molecular flexibility index (Phi) is 8.26. The summed E-state index contributed by atoms with van der Waals surface area (Å²) in [5, 5.41) is 3.40. The molecule has 0 aromatic heterocycles. The average molecular weight is 514 g/mol. The molecule has 6 nitrogen and oxygen atoms in total. The van der Waals surface area contributed by atoms with Gasteiger partial charge in [0.2, 0.25) is 10.0 Å². The average Bonchev–Trinajstić information content (AvgIpc) is 2.68. The molecule has 0 radical (unpaired) electrons. The minimum absolute atomic E-state index is 0. The molecule has 2 aromatic rings. The van der Waals surface area contributed by atoms with Crippen molar-refractivity contribution < 1.29 is 8.42 Å². The Morgan fingerprint density at radius 2 is 1.82 bits per heavy atom. The van der Waals surface area contributed by atoms with Gasteiger partial charge in [0.25, 0.3) is 0 Å². The number of rotatable bonds is 5. The fraction of sp³-hybridized carbons (Fsp3) is 0.350. The zero-order valence-electron chi connectivity index (χ0n) is 16.2. The van der Waals surface area contributed by atoms with Crippen LogP contribution >= 0.6 is 24.0 Å². The van der Waals surface area contributed by atoms with Crippen LogP contribution in [0.3, 0.4) is 0 Å². The van der Waals surface area contributed by atoms with E-state index < -0.39 is 10.0 Å². The van der Waals surface area contributed by atoms with E-state index in [4.69, 9.17) is 0 Å². The number of sulfonamides is 1. The van der Waals surface area contributed by atoms with Crippen molar-refractivity contribution in [2.75, 3.05) is 20.6 Å². The monoisotopic (exact) mass is 514 g/mol. The number of nitrogens with zero attached hydrogens (tertiary/aromatic N) is 2. The van der Waals surface area contributed by atoms with Crippen molar-refractivity contribution in [3.8, 4) is 0 Å². The molecule has 1 heterocycles. The zero-order chi connectivity index (χ0) is 19.3. The van der Waals surface area contributed by atoms with Crippen LogP contribution in [0.2, 0.25) is 0 Å². The molecule has 0 atom stereocenters. The van der Waals surface area contributed by atoms with Crippen molar-refractivity contribution in [2.24, 2.45) is 4.99 Å². The largest absolute Gasteiger partial charge is 0.352 e. The predicted molar refractivity (Wildman–Crippen MR) is 124 cm³/mol. The standard InChI is InChI=1S/C20H26N4O2S.HI/c1-21-20(24-11-10-18-8-3-4-9-19(18)14-24)23-13-16-6-5-7-17(12-16)15-27(25,26)22-2;/h3-9,12,22H,10-11,13-15H2,1-2H3,(H,21,23);1H. The van der Waals surface area contributed by atoms with E-state index in [2.05, 4.69) is 44.2 Å². The number of benzene rings is 2. The minimum atomic E-state index is -3.27. The van der Waals surface area contributed by atoms with Gasteiger partial charge in [0.05, 0.1) is 5.75 Å². The highest BCUT2D eigenvalue weighted by molar-refractivity contribution is 14.0. The Hall–Kier alpha value is -1.65. The Bertz CT molecular complexity index is 931. The second kappa shape index (κ2) is 10.2. The van der Waals surface area contributed by atoms with Crippen LogP contribution in [0.1, 0.15) is 22.3 Å². The SMILES string of the molecule is CN=C(NCc1cccc(CS(=O)(=O)NC)c1)N1CCc2ccccc2C1.I. The first kappa shape index (κ1) is 22.6. The van der Waals surface area contributed by atoms with Crippen molar-refractivity contribution in [3.05, 3.63) is 70.8 Å². The van der Waals surface area contributed by atoms with Crippen LogP contribution in [0.15, 0.2) is 53.5 Å². The number of halogens is 1. The quantitative estimate of drug-likeness (QED) is 0.366. The lowest BCUT2D eigenvalue weighted by molar-refractivity contribution is 0.378. The van der Waals surface area contributed by atoms with E-state index >= 15 is 0 Å². The van der Waals surface area contributed by atoms with E-state index in [0.29, 0.717) is 6.54 Å². The van der Waals surface area contributed by atoms with Gasteiger partial charge in [-0.25, -0.2) is 13.1 Å². The highest BCUT2D eigenvalue weighted by atomic mass is 127. The second-order valence-corrected chi connectivity index (χ2v) is 8.55. The van der Waals surface area contributed by atoms with Crippen LogP contribution in [0, 0.1) is 0 Å². The molecule has 0 aliphatic carbocycles. The highest BCUT2D eigenvalue weighted by Crippen LogP contribution is 2.18. The molecule has 152 valence electrons. The van der Waals surface area contributed by atoms with Gasteiger partial charge in [0.1, 0.15) is 0 Å². The molecule has 0 bridgehead atoms. The molecule has 0 saturated heterocycles. The Morgan fingerprint density at radius 3 is 2.54 bits per heavy atom. The van der Waals surface area contributed by atoms with Crippen LogP contribution in [0.25, 0.3) is 0 Å². The molecule has 0 saturated carbocycles. The molecule has 1 aliphatic heterocycles. The molecule has 3 rings (SSSR count). The van der Waals surface area contributed by atoms with E-state index in [1.165, 1.54) is 18.2 Å². The summed E-state index contributed by atoms with van der Waals surface area (Å²) in [5.41, 5.74) is 4.54. The summed E-state index contributed by atoms with van der Waals surface area (Å²) in [6.45, 7) is 2.37. The molecule has 0 amide bonds. The van der Waals surface area contributed by atoms with E-state index in [0.717, 1.165) is 36.6 Å². The molecule has 8 heteroatoms. The number of fused-ring (bicyclic) bond motifs is 1. The Labute approximate surface area is 184 Å². The summed E-state index contributed by atoms with van der Waals surface area (Å²) < 4.78 is 25.8. The van der Waals surface area contributed by atoms with Gasteiger partial charge in [-0.2, -0.15) is 0 Å². The van der Waals surface area contributed by atoms with Gasteiger partial charge in [-0.3, -0.25) is 4.99 Å². The molecule has 0 fully saturated rings. The van der Waals surface area contributed by atoms with Crippen molar-refractivity contribution in [3.63, 3.8) is 0 Å². The van der Waals surface area contributed by atoms with Crippen molar-refractivity contribution in [2.45, 2.75) is 25.3 Å². The van der Waals surface area contributed by atoms with Gasteiger partial charge in [-0.1, -0.05) is 48.5 Å². The molecule has 2 N–H and O–H groups in total. The van der Waals surface area contributed by atoms with Crippen LogP contribution in [0.4, 0.5) is 0 Å². The van der Waals surface area contributed by atoms with Gasteiger partial charge < -0.3 is 10.2 Å². The van der Waals surface area contributed by atoms with Crippen LogP contribution < -0.4 is 10.0 Å². The first-order valence-corrected chi connectivity index (χ1v) is 10.7. The lowest BCUT2D eigenvalue weighted by Gasteiger charge is -2.31. The lowest BCUT2D eigenvalue weighted by atomic mass is 10.0. The Balaban J connectivity index is 0.00000280. The number of nitrogens with one attached hydrogen (secondary N) is 2. The third kappa shape index (κ3) is 5.92. The zero-order valence-corrected chi connectivity index (χ0v) is 19.3. The number of guanidine groups is 1. The second-order valence-electron chi connectivity index (χ2n) is 6.62. The van der Waals surface area contributed by atoms with Gasteiger partial charge in [0.15, 0.2) is 5.96 Å². The molecule has 0 unspecified atom stereocenters. The predicted octanol–water partition coefficient (Wildman–Crippen LogP) is 2.49. The van der Waals surface area contributed by atoms with E-state index in [9.17, 15) is 8.42 Å².